The summed E-state index contributed by atoms with van der Waals surface area (Å²) in [5.41, 5.74) is 6.70. The molecule has 0 unspecified atom stereocenters. The molecule has 0 spiro atoms. The number of nitrogens with one attached hydrogen (secondary N) is 1. The van der Waals surface area contributed by atoms with Crippen molar-refractivity contribution in [3.8, 4) is 0 Å². The highest BCUT2D eigenvalue weighted by atomic mass is 14.7. The van der Waals surface area contributed by atoms with Gasteiger partial charge in [-0.25, -0.2) is 0 Å². The van der Waals surface area contributed by atoms with Crippen LogP contribution in [0, 0.1) is 5.41 Å². The number of amidine groups is 1. The molecule has 2 nitrogen and oxygen atoms in total. The molecule has 0 atom stereocenters. The van der Waals surface area contributed by atoms with E-state index in [-0.39, 0.29) is 5.84 Å². The number of rotatable bonds is 1. The number of hydrogen-bond donors (Lipinski definition) is 2. The van der Waals surface area contributed by atoms with E-state index in [1.165, 1.54) is 37.7 Å². The Balaban J connectivity index is 2.28. The highest BCUT2D eigenvalue weighted by Crippen LogP contribution is 2.41. The molecule has 0 saturated carbocycles. The molecule has 0 amide bonds. The summed E-state index contributed by atoms with van der Waals surface area (Å²) in [6.07, 6.45) is 0. The van der Waals surface area contributed by atoms with Crippen LogP contribution in [0.15, 0.2) is 66.7 Å². The van der Waals surface area contributed by atoms with E-state index in [2.05, 4.69) is 60.7 Å². The molecule has 0 aliphatic heterocycles. The molecule has 5 aromatic rings. The van der Waals surface area contributed by atoms with Crippen LogP contribution in [-0.4, -0.2) is 5.84 Å². The molecule has 0 radical (unpaired) electrons. The van der Waals surface area contributed by atoms with E-state index in [0.29, 0.717) is 0 Å². The fraction of sp³-hybridized carbons (Fsp3) is 0. The minimum absolute atomic E-state index is 0.119. The van der Waals surface area contributed by atoms with Gasteiger partial charge in [0, 0.05) is 10.9 Å². The highest BCUT2D eigenvalue weighted by molar-refractivity contribution is 6.35. The molecule has 0 aliphatic carbocycles. The van der Waals surface area contributed by atoms with Gasteiger partial charge in [-0.1, -0.05) is 66.7 Å². The summed E-state index contributed by atoms with van der Waals surface area (Å²) in [4.78, 5) is 0. The lowest BCUT2D eigenvalue weighted by molar-refractivity contribution is 1.44. The van der Waals surface area contributed by atoms with Gasteiger partial charge in [-0.3, -0.25) is 5.41 Å². The van der Waals surface area contributed by atoms with Gasteiger partial charge in [0.25, 0.3) is 0 Å². The van der Waals surface area contributed by atoms with Crippen molar-refractivity contribution in [2.75, 3.05) is 0 Å². The van der Waals surface area contributed by atoms with Gasteiger partial charge < -0.3 is 5.73 Å². The largest absolute Gasteiger partial charge is 0.384 e. The zero-order valence-corrected chi connectivity index (χ0v) is 12.4. The van der Waals surface area contributed by atoms with Gasteiger partial charge in [-0.15, -0.1) is 0 Å². The fourth-order valence-electron chi connectivity index (χ4n) is 3.88. The maximum absolute atomic E-state index is 8.00. The Morgan fingerprint density at radius 1 is 0.609 bits per heavy atom. The molecule has 23 heavy (non-hydrogen) atoms. The van der Waals surface area contributed by atoms with Gasteiger partial charge in [0.1, 0.15) is 5.84 Å². The lowest BCUT2D eigenvalue weighted by atomic mass is 9.87. The number of hydrogen-bond acceptors (Lipinski definition) is 1. The van der Waals surface area contributed by atoms with Crippen LogP contribution in [0.4, 0.5) is 0 Å². The second kappa shape index (κ2) is 4.20. The van der Waals surface area contributed by atoms with E-state index in [1.807, 2.05) is 6.07 Å². The topological polar surface area (TPSA) is 49.9 Å². The van der Waals surface area contributed by atoms with Gasteiger partial charge in [0.2, 0.25) is 0 Å². The summed E-state index contributed by atoms with van der Waals surface area (Å²) >= 11 is 0. The Labute approximate surface area is 133 Å². The Bertz CT molecular complexity index is 1230. The van der Waals surface area contributed by atoms with Crippen molar-refractivity contribution in [2.24, 2.45) is 5.73 Å². The smallest absolute Gasteiger partial charge is 0.123 e. The summed E-state index contributed by atoms with van der Waals surface area (Å²) in [6, 6.07) is 23.2. The second-order valence-electron chi connectivity index (χ2n) is 6.01. The van der Waals surface area contributed by atoms with Gasteiger partial charge in [0.15, 0.2) is 0 Å². The summed E-state index contributed by atoms with van der Waals surface area (Å²) in [6.45, 7) is 0. The first-order valence-electron chi connectivity index (χ1n) is 7.68. The summed E-state index contributed by atoms with van der Waals surface area (Å²) < 4.78 is 0. The molecule has 108 valence electrons. The van der Waals surface area contributed by atoms with E-state index in [4.69, 9.17) is 11.1 Å². The highest BCUT2D eigenvalue weighted by Gasteiger charge is 2.15. The van der Waals surface area contributed by atoms with Gasteiger partial charge in [-0.2, -0.15) is 0 Å². The molecular weight excluding hydrogens is 280 g/mol. The standard InChI is InChI=1S/C21H14N2/c22-21(23)17-11-10-13-6-2-8-15-14-7-1-4-12-5-3-9-16(18(12)14)20(17)19(13)15/h1-11H,(H3,22,23). The Hall–Kier alpha value is -3.13. The number of fused-ring (bicyclic) bond motifs is 2. The average molecular weight is 294 g/mol. The van der Waals surface area contributed by atoms with Gasteiger partial charge in [0.05, 0.1) is 0 Å². The zero-order valence-electron chi connectivity index (χ0n) is 12.4. The fourth-order valence-corrected chi connectivity index (χ4v) is 3.88. The minimum atomic E-state index is 0.119. The lowest BCUT2D eigenvalue weighted by Crippen LogP contribution is -2.11. The molecule has 0 saturated heterocycles. The van der Waals surface area contributed by atoms with Crippen LogP contribution in [0.3, 0.4) is 0 Å². The van der Waals surface area contributed by atoms with Crippen molar-refractivity contribution in [1.82, 2.24) is 0 Å². The van der Waals surface area contributed by atoms with Crippen molar-refractivity contribution in [3.63, 3.8) is 0 Å². The van der Waals surface area contributed by atoms with E-state index < -0.39 is 0 Å². The van der Waals surface area contributed by atoms with Crippen LogP contribution in [0.5, 0.6) is 0 Å². The van der Waals surface area contributed by atoms with E-state index in [0.717, 1.165) is 10.9 Å². The van der Waals surface area contributed by atoms with Crippen molar-refractivity contribution < 1.29 is 0 Å². The number of nitrogen functional groups attached to an aromatic ring is 1. The molecule has 0 bridgehead atoms. The molecule has 0 aromatic heterocycles. The van der Waals surface area contributed by atoms with Crippen LogP contribution >= 0.6 is 0 Å². The van der Waals surface area contributed by atoms with Crippen molar-refractivity contribution in [2.45, 2.75) is 0 Å². The lowest BCUT2D eigenvalue weighted by Gasteiger charge is -2.16. The maximum atomic E-state index is 8.00. The first kappa shape index (κ1) is 12.4. The van der Waals surface area contributed by atoms with E-state index >= 15 is 0 Å². The van der Waals surface area contributed by atoms with Crippen molar-refractivity contribution in [1.29, 1.82) is 5.41 Å². The van der Waals surface area contributed by atoms with Crippen molar-refractivity contribution in [3.05, 3.63) is 72.3 Å². The molecule has 0 fully saturated rings. The summed E-state index contributed by atoms with van der Waals surface area (Å²) in [5.74, 6) is 0.119. The normalized spacial score (nSPS) is 11.8. The van der Waals surface area contributed by atoms with Crippen LogP contribution in [0.1, 0.15) is 5.56 Å². The van der Waals surface area contributed by atoms with E-state index in [1.54, 1.807) is 0 Å². The van der Waals surface area contributed by atoms with Crippen molar-refractivity contribution >= 4 is 48.9 Å². The van der Waals surface area contributed by atoms with Crippen LogP contribution < -0.4 is 5.73 Å². The second-order valence-corrected chi connectivity index (χ2v) is 6.01. The summed E-state index contributed by atoms with van der Waals surface area (Å²) in [7, 11) is 0. The zero-order chi connectivity index (χ0) is 15.6. The SMILES string of the molecule is N=C(N)c1ccc2cccc3c4cccc5cccc(c1c23)c54. The van der Waals surface area contributed by atoms with Gasteiger partial charge in [-0.05, 0) is 37.7 Å². The minimum Gasteiger partial charge on any atom is -0.384 e. The third-order valence-electron chi connectivity index (χ3n) is 4.80. The Kier molecular flexibility index (Phi) is 2.27. The predicted molar refractivity (Wildman–Crippen MR) is 98.7 cm³/mol. The van der Waals surface area contributed by atoms with Crippen LogP contribution in [0.2, 0.25) is 0 Å². The molecule has 5 rings (SSSR count). The molecule has 0 heterocycles. The Morgan fingerprint density at radius 2 is 1.17 bits per heavy atom. The quantitative estimate of drug-likeness (QED) is 0.194. The van der Waals surface area contributed by atoms with Gasteiger partial charge >= 0.3 is 0 Å². The number of nitrogens with two attached hydrogens (primary N) is 1. The summed E-state index contributed by atoms with van der Waals surface area (Å²) in [5, 5.41) is 17.6. The maximum Gasteiger partial charge on any atom is 0.123 e. The Morgan fingerprint density at radius 3 is 1.83 bits per heavy atom. The monoisotopic (exact) mass is 294 g/mol. The third kappa shape index (κ3) is 1.50. The van der Waals surface area contributed by atoms with E-state index in [9.17, 15) is 0 Å². The molecule has 0 aliphatic rings. The molecular formula is C21H14N2. The molecule has 3 N–H and O–H groups in total. The predicted octanol–water partition coefficient (Wildman–Crippen LogP) is 5.02. The number of benzene rings is 5. The molecule has 2 heteroatoms. The first-order valence-corrected chi connectivity index (χ1v) is 7.68. The first-order chi connectivity index (χ1) is 11.3. The average Bonchev–Trinajstić information content (AvgIpc) is 2.58. The molecule has 5 aromatic carbocycles. The van der Waals surface area contributed by atoms with Crippen LogP contribution in [0.25, 0.3) is 43.1 Å². The van der Waals surface area contributed by atoms with Crippen LogP contribution in [-0.2, 0) is 0 Å². The third-order valence-corrected chi connectivity index (χ3v) is 4.80.